The Morgan fingerprint density at radius 1 is 1.24 bits per heavy atom. The van der Waals surface area contributed by atoms with Crippen LogP contribution < -0.4 is 15.0 Å². The van der Waals surface area contributed by atoms with Gasteiger partial charge in [0.1, 0.15) is 18.9 Å². The van der Waals surface area contributed by atoms with Crippen molar-refractivity contribution in [1.82, 2.24) is 14.7 Å². The molecule has 0 radical (unpaired) electrons. The number of rotatable bonds is 3. The van der Waals surface area contributed by atoms with Crippen molar-refractivity contribution in [2.24, 2.45) is 4.99 Å². The van der Waals surface area contributed by atoms with E-state index < -0.39 is 10.7 Å². The van der Waals surface area contributed by atoms with E-state index in [9.17, 15) is 15.3 Å². The van der Waals surface area contributed by atoms with E-state index in [-0.39, 0.29) is 11.5 Å². The van der Waals surface area contributed by atoms with Crippen LogP contribution in [-0.4, -0.2) is 44.1 Å². The summed E-state index contributed by atoms with van der Waals surface area (Å²) < 4.78 is 11.0. The van der Waals surface area contributed by atoms with Crippen LogP contribution >= 0.6 is 0 Å². The highest BCUT2D eigenvalue weighted by Crippen LogP contribution is 2.31. The van der Waals surface area contributed by atoms with Crippen molar-refractivity contribution in [3.63, 3.8) is 0 Å². The predicted octanol–water partition coefficient (Wildman–Crippen LogP) is 1.43. The third-order valence-corrected chi connectivity index (χ3v) is 4.32. The van der Waals surface area contributed by atoms with Gasteiger partial charge in [-0.15, -0.1) is 0 Å². The number of fused-ring (bicyclic) bond motifs is 1. The lowest BCUT2D eigenvalue weighted by atomic mass is 10.2. The van der Waals surface area contributed by atoms with E-state index in [1.807, 2.05) is 0 Å². The maximum absolute atomic E-state index is 11.3. The highest BCUT2D eigenvalue weighted by Gasteiger charge is 2.26. The molecule has 1 aromatic carbocycles. The fourth-order valence-electron chi connectivity index (χ4n) is 3.11. The minimum absolute atomic E-state index is 0.0324. The first kappa shape index (κ1) is 15.5. The summed E-state index contributed by atoms with van der Waals surface area (Å²) in [5.74, 6) is 0.595. The lowest BCUT2D eigenvalue weighted by Crippen LogP contribution is -2.24. The summed E-state index contributed by atoms with van der Waals surface area (Å²) >= 11 is 0. The molecule has 2 heterocycles. The van der Waals surface area contributed by atoms with Gasteiger partial charge in [-0.3, -0.25) is 4.99 Å². The lowest BCUT2D eigenvalue weighted by molar-refractivity contribution is -0.391. The van der Waals surface area contributed by atoms with Crippen molar-refractivity contribution >= 4 is 5.82 Å². The molecule has 1 aromatic heterocycles. The van der Waals surface area contributed by atoms with Gasteiger partial charge in [0.05, 0.1) is 11.1 Å². The molecule has 2 aromatic rings. The average Bonchev–Trinajstić information content (AvgIpc) is 3.24. The number of benzene rings is 1. The van der Waals surface area contributed by atoms with Crippen LogP contribution in [0.3, 0.4) is 0 Å². The zero-order chi connectivity index (χ0) is 17.4. The molecule has 1 aliphatic heterocycles. The molecule has 1 N–H and O–H groups in total. The molecule has 4 rings (SSSR count). The number of aromatic nitrogens is 3. The van der Waals surface area contributed by atoms with Gasteiger partial charge in [-0.1, -0.05) is 17.7 Å². The summed E-state index contributed by atoms with van der Waals surface area (Å²) in [6, 6.07) is 4.88. The van der Waals surface area contributed by atoms with Gasteiger partial charge in [0.25, 0.3) is 5.49 Å². The lowest BCUT2D eigenvalue weighted by Gasteiger charge is -2.18. The summed E-state index contributed by atoms with van der Waals surface area (Å²) in [5, 5.41) is 25.7. The maximum atomic E-state index is 11.3. The number of ether oxygens (including phenoxy) is 2. The molecule has 1 aliphatic carbocycles. The Morgan fingerprint density at radius 2 is 1.96 bits per heavy atom. The molecule has 0 amide bonds. The topological polar surface area (TPSA) is 117 Å². The molecule has 132 valence electrons. The minimum atomic E-state index is -0.644. The van der Waals surface area contributed by atoms with Crippen molar-refractivity contribution in [1.29, 1.82) is 0 Å². The van der Waals surface area contributed by atoms with E-state index >= 15 is 0 Å². The Hall–Kier alpha value is -3.04. The highest BCUT2D eigenvalue weighted by molar-refractivity contribution is 5.48. The van der Waals surface area contributed by atoms with E-state index in [1.165, 1.54) is 0 Å². The smallest absolute Gasteiger partial charge is 0.438 e. The van der Waals surface area contributed by atoms with E-state index in [0.717, 1.165) is 30.5 Å². The van der Waals surface area contributed by atoms with E-state index in [2.05, 4.69) is 10.1 Å². The van der Waals surface area contributed by atoms with Gasteiger partial charge in [-0.2, -0.15) is 0 Å². The first-order valence-electron chi connectivity index (χ1n) is 8.13. The summed E-state index contributed by atoms with van der Waals surface area (Å²) in [5.41, 5.74) is 0.259. The molecule has 25 heavy (non-hydrogen) atoms. The molecule has 10 heteroatoms. The quantitative estimate of drug-likeness (QED) is 0.510. The van der Waals surface area contributed by atoms with E-state index in [1.54, 1.807) is 18.2 Å². The third kappa shape index (κ3) is 2.79. The van der Waals surface area contributed by atoms with E-state index in [0.29, 0.717) is 35.2 Å². The number of nitro groups is 1. The van der Waals surface area contributed by atoms with Crippen LogP contribution in [0, 0.1) is 10.1 Å². The summed E-state index contributed by atoms with van der Waals surface area (Å²) in [4.78, 5) is 16.7. The molecule has 0 atom stereocenters. The normalized spacial score (nSPS) is 17.8. The Balaban J connectivity index is 1.81. The zero-order valence-corrected chi connectivity index (χ0v) is 13.4. The highest BCUT2D eigenvalue weighted by atomic mass is 16.6. The molecular formula is C15H17N5O5. The summed E-state index contributed by atoms with van der Waals surface area (Å²) in [6.45, 7) is 0.876. The fraction of sp³-hybridized carbons (Fsp3) is 0.467. The van der Waals surface area contributed by atoms with Crippen molar-refractivity contribution in [2.45, 2.75) is 31.7 Å². The monoisotopic (exact) mass is 347 g/mol. The SMILES string of the molecule is O=[N+]([O-])c1nn(-c2ccc3c(c2)OCCO3)n(O)c1=NC1CCCC1. The molecule has 0 unspecified atom stereocenters. The van der Waals surface area contributed by atoms with Crippen LogP contribution in [0.25, 0.3) is 5.69 Å². The summed E-state index contributed by atoms with van der Waals surface area (Å²) in [6.07, 6.45) is 3.77. The molecule has 1 fully saturated rings. The van der Waals surface area contributed by atoms with E-state index in [4.69, 9.17) is 9.47 Å². The van der Waals surface area contributed by atoms with Gasteiger partial charge < -0.3 is 24.8 Å². The first-order chi connectivity index (χ1) is 12.1. The standard InChI is InChI=1S/C15H17N5O5/c21-19-14(16-10-3-1-2-4-10)15(20(22)23)17-18(19)11-5-6-12-13(9-11)25-8-7-24-12/h5-6,9-10,21H,1-4,7-8H2. The molecule has 1 saturated carbocycles. The van der Waals surface area contributed by atoms with Crippen LogP contribution in [-0.2, 0) is 0 Å². The summed E-state index contributed by atoms with van der Waals surface area (Å²) in [7, 11) is 0. The largest absolute Gasteiger partial charge is 0.486 e. The van der Waals surface area contributed by atoms with Crippen molar-refractivity contribution in [2.75, 3.05) is 13.2 Å². The second-order valence-electron chi connectivity index (χ2n) is 5.98. The zero-order valence-electron chi connectivity index (χ0n) is 13.4. The Kier molecular flexibility index (Phi) is 3.79. The molecule has 0 bridgehead atoms. The van der Waals surface area contributed by atoms with Gasteiger partial charge >= 0.3 is 5.82 Å². The van der Waals surface area contributed by atoms with Crippen LogP contribution in [0.2, 0.25) is 0 Å². The Bertz CT molecular complexity index is 881. The first-order valence-corrected chi connectivity index (χ1v) is 8.13. The molecular weight excluding hydrogens is 330 g/mol. The van der Waals surface area contributed by atoms with Crippen molar-refractivity contribution < 1.29 is 19.6 Å². The van der Waals surface area contributed by atoms with Crippen molar-refractivity contribution in [3.8, 4) is 17.2 Å². The van der Waals surface area contributed by atoms with Gasteiger partial charge in [-0.05, 0) is 34.7 Å². The molecule has 0 spiro atoms. The number of nitrogens with zero attached hydrogens (tertiary/aromatic N) is 5. The second-order valence-corrected chi connectivity index (χ2v) is 5.98. The third-order valence-electron chi connectivity index (χ3n) is 4.32. The maximum Gasteiger partial charge on any atom is 0.438 e. The van der Waals surface area contributed by atoms with Crippen LogP contribution in [0.5, 0.6) is 11.5 Å². The van der Waals surface area contributed by atoms with Crippen LogP contribution in [0.15, 0.2) is 23.2 Å². The molecule has 2 aliphatic rings. The molecule has 0 saturated heterocycles. The average molecular weight is 347 g/mol. The number of hydrogen-bond donors (Lipinski definition) is 1. The fourth-order valence-corrected chi connectivity index (χ4v) is 3.11. The van der Waals surface area contributed by atoms with Gasteiger partial charge in [-0.25, -0.2) is 0 Å². The van der Waals surface area contributed by atoms with Crippen LogP contribution in [0.4, 0.5) is 5.82 Å². The predicted molar refractivity (Wildman–Crippen MR) is 84.2 cm³/mol. The molecule has 10 nitrogen and oxygen atoms in total. The van der Waals surface area contributed by atoms with Crippen LogP contribution in [0.1, 0.15) is 25.7 Å². The van der Waals surface area contributed by atoms with Crippen molar-refractivity contribution in [3.05, 3.63) is 33.8 Å². The van der Waals surface area contributed by atoms with Gasteiger partial charge in [0.15, 0.2) is 11.5 Å². The van der Waals surface area contributed by atoms with Gasteiger partial charge in [0, 0.05) is 6.07 Å². The Labute approximate surface area is 142 Å². The van der Waals surface area contributed by atoms with Gasteiger partial charge in [0.2, 0.25) is 0 Å². The minimum Gasteiger partial charge on any atom is -0.486 e. The second kappa shape index (κ2) is 6.11. The number of hydrogen-bond acceptors (Lipinski definition) is 7. The Morgan fingerprint density at radius 3 is 2.68 bits per heavy atom.